The van der Waals surface area contributed by atoms with Crippen LogP contribution in [0.1, 0.15) is 20.8 Å². The topological polar surface area (TPSA) is 68.8 Å². The van der Waals surface area contributed by atoms with E-state index in [-0.39, 0.29) is 19.3 Å². The van der Waals surface area contributed by atoms with Gasteiger partial charge in [-0.25, -0.2) is 4.39 Å². The molecule has 0 aromatic rings. The van der Waals surface area contributed by atoms with Gasteiger partial charge in [-0.1, -0.05) is 26.5 Å². The lowest BCUT2D eigenvalue weighted by Crippen LogP contribution is -2.30. The van der Waals surface area contributed by atoms with Crippen LogP contribution in [0.4, 0.5) is 9.18 Å². The minimum absolute atomic E-state index is 0.0842. The molecule has 0 fully saturated rings. The molecule has 6 nitrogen and oxygen atoms in total. The van der Waals surface area contributed by atoms with Gasteiger partial charge in [-0.2, -0.15) is 0 Å². The van der Waals surface area contributed by atoms with Crippen molar-refractivity contribution in [2.45, 2.75) is 39.1 Å². The average molecular weight is 340 g/mol. The van der Waals surface area contributed by atoms with Crippen LogP contribution in [0.15, 0.2) is 0 Å². The Balaban J connectivity index is 3.35. The molecule has 8 heteroatoms. The number of alkyl halides is 1. The molecule has 0 aromatic carbocycles. The summed E-state index contributed by atoms with van der Waals surface area (Å²) in [5.41, 5.74) is 0. The van der Waals surface area contributed by atoms with Crippen molar-refractivity contribution >= 4 is 17.9 Å². The van der Waals surface area contributed by atoms with Crippen LogP contribution in [0, 0.1) is 0 Å². The predicted molar refractivity (Wildman–Crippen MR) is 87.5 cm³/mol. The maximum Gasteiger partial charge on any atom is 0.276 e. The highest BCUT2D eigenvalue weighted by Gasteiger charge is 2.09. The van der Waals surface area contributed by atoms with E-state index in [9.17, 15) is 9.18 Å². The highest BCUT2D eigenvalue weighted by molar-refractivity contribution is 7.96. The Hall–Kier alpha value is -0.410. The van der Waals surface area contributed by atoms with Crippen LogP contribution >= 0.6 is 12.6 Å². The van der Waals surface area contributed by atoms with E-state index in [1.165, 1.54) is 0 Å². The Labute approximate surface area is 137 Å². The number of nitrogens with one attached hydrogen (secondary N) is 2. The minimum atomic E-state index is -1.25. The zero-order chi connectivity index (χ0) is 16.8. The lowest BCUT2D eigenvalue weighted by Gasteiger charge is -2.15. The van der Waals surface area contributed by atoms with Crippen molar-refractivity contribution in [3.05, 3.63) is 0 Å². The molecule has 0 spiro atoms. The highest BCUT2D eigenvalue weighted by Crippen LogP contribution is 1.96. The molecule has 0 aliphatic heterocycles. The summed E-state index contributed by atoms with van der Waals surface area (Å²) in [6, 6.07) is 0.456. The van der Waals surface area contributed by atoms with E-state index in [1.807, 2.05) is 6.92 Å². The molecule has 0 saturated carbocycles. The van der Waals surface area contributed by atoms with Gasteiger partial charge < -0.3 is 24.8 Å². The third-order valence-electron chi connectivity index (χ3n) is 2.56. The van der Waals surface area contributed by atoms with E-state index in [0.717, 1.165) is 6.54 Å². The minimum Gasteiger partial charge on any atom is -0.378 e. The summed E-state index contributed by atoms with van der Waals surface area (Å²) < 4.78 is 29.3. The van der Waals surface area contributed by atoms with E-state index in [1.54, 1.807) is 0 Å². The number of carbonyl (C=O) groups is 1. The summed E-state index contributed by atoms with van der Waals surface area (Å²) in [5.74, 6) is 0. The summed E-state index contributed by atoms with van der Waals surface area (Å²) >= 11 is 3.48. The van der Waals surface area contributed by atoms with E-state index < -0.39 is 11.4 Å². The number of amides is 1. The lowest BCUT2D eigenvalue weighted by molar-refractivity contribution is -0.0371. The normalized spacial score (nSPS) is 14.1. The Kier molecular flexibility index (Phi) is 13.9. The summed E-state index contributed by atoms with van der Waals surface area (Å²) in [6.07, 6.45) is -1.39. The van der Waals surface area contributed by atoms with Gasteiger partial charge in [-0.3, -0.25) is 4.79 Å². The third kappa shape index (κ3) is 16.0. The number of halogens is 1. The Morgan fingerprint density at radius 2 is 1.86 bits per heavy atom. The highest BCUT2D eigenvalue weighted by atomic mass is 32.1. The second kappa shape index (κ2) is 14.2. The summed E-state index contributed by atoms with van der Waals surface area (Å²) in [4.78, 5) is 10.5. The van der Waals surface area contributed by atoms with Crippen LogP contribution in [0.5, 0.6) is 0 Å². The average Bonchev–Trinajstić information content (AvgIpc) is 2.43. The molecule has 1 amide bonds. The number of carbonyl (C=O) groups excluding carboxylic acids is 1. The molecule has 0 aromatic heterocycles. The Morgan fingerprint density at radius 1 is 1.14 bits per heavy atom. The summed E-state index contributed by atoms with van der Waals surface area (Å²) in [5, 5.41) is 4.96. The maximum atomic E-state index is 13.3. The molecule has 0 aliphatic rings. The van der Waals surface area contributed by atoms with E-state index in [2.05, 4.69) is 37.1 Å². The van der Waals surface area contributed by atoms with Gasteiger partial charge >= 0.3 is 0 Å². The van der Waals surface area contributed by atoms with Crippen LogP contribution in [0.25, 0.3) is 0 Å². The van der Waals surface area contributed by atoms with E-state index >= 15 is 0 Å². The molecule has 132 valence electrons. The van der Waals surface area contributed by atoms with Gasteiger partial charge in [0.2, 0.25) is 0 Å². The monoisotopic (exact) mass is 340 g/mol. The number of hydrogen-bond acceptors (Lipinski definition) is 5. The molecule has 0 saturated heterocycles. The lowest BCUT2D eigenvalue weighted by atomic mass is 10.4. The van der Waals surface area contributed by atoms with Gasteiger partial charge in [-0.05, 0) is 6.92 Å². The third-order valence-corrected chi connectivity index (χ3v) is 2.71. The van der Waals surface area contributed by atoms with Crippen LogP contribution in [-0.4, -0.2) is 69.7 Å². The van der Waals surface area contributed by atoms with E-state index in [4.69, 9.17) is 14.2 Å². The predicted octanol–water partition coefficient (Wildman–Crippen LogP) is 1.40. The van der Waals surface area contributed by atoms with Gasteiger partial charge in [0.05, 0.1) is 45.7 Å². The zero-order valence-electron chi connectivity index (χ0n) is 13.6. The first-order valence-electron chi connectivity index (χ1n) is 7.53. The van der Waals surface area contributed by atoms with Gasteiger partial charge in [0, 0.05) is 12.6 Å². The van der Waals surface area contributed by atoms with Gasteiger partial charge in [-0.15, -0.1) is 0 Å². The first-order valence-corrected chi connectivity index (χ1v) is 7.97. The molecule has 0 bridgehead atoms. The summed E-state index contributed by atoms with van der Waals surface area (Å²) in [6.45, 7) is 8.58. The van der Waals surface area contributed by atoms with Crippen molar-refractivity contribution < 1.29 is 23.4 Å². The van der Waals surface area contributed by atoms with Crippen molar-refractivity contribution in [2.75, 3.05) is 46.1 Å². The maximum absolute atomic E-state index is 13.3. The van der Waals surface area contributed by atoms with Crippen LogP contribution in [0.3, 0.4) is 0 Å². The van der Waals surface area contributed by atoms with Crippen molar-refractivity contribution in [1.29, 1.82) is 0 Å². The first-order chi connectivity index (χ1) is 10.4. The quantitative estimate of drug-likeness (QED) is 0.329. The second-order valence-corrected chi connectivity index (χ2v) is 5.63. The fourth-order valence-corrected chi connectivity index (χ4v) is 1.59. The fourth-order valence-electron chi connectivity index (χ4n) is 1.50. The van der Waals surface area contributed by atoms with E-state index in [0.29, 0.717) is 32.5 Å². The number of rotatable bonds is 14. The Morgan fingerprint density at radius 3 is 2.50 bits per heavy atom. The Bertz CT molecular complexity index is 286. The molecular formula is C14H29FN2O4S. The first kappa shape index (κ1) is 21.6. The molecule has 0 heterocycles. The van der Waals surface area contributed by atoms with Crippen molar-refractivity contribution in [3.8, 4) is 0 Å². The molecule has 0 aliphatic carbocycles. The molecule has 2 N–H and O–H groups in total. The van der Waals surface area contributed by atoms with Crippen molar-refractivity contribution in [3.63, 3.8) is 0 Å². The molecule has 22 heavy (non-hydrogen) atoms. The number of hydrogen-bond donors (Lipinski definition) is 3. The van der Waals surface area contributed by atoms with Crippen LogP contribution < -0.4 is 10.6 Å². The zero-order valence-corrected chi connectivity index (χ0v) is 14.5. The molecule has 2 unspecified atom stereocenters. The molecule has 0 rings (SSSR count). The van der Waals surface area contributed by atoms with Gasteiger partial charge in [0.25, 0.3) is 5.24 Å². The smallest absolute Gasteiger partial charge is 0.276 e. The SMILES string of the molecule is CC(C)NCCOCCOC(C)COCC(F)CNC(=O)S. The summed E-state index contributed by atoms with van der Waals surface area (Å²) in [7, 11) is 0. The molecule has 0 radical (unpaired) electrons. The second-order valence-electron chi connectivity index (χ2n) is 5.22. The van der Waals surface area contributed by atoms with Crippen LogP contribution in [-0.2, 0) is 14.2 Å². The molecular weight excluding hydrogens is 311 g/mol. The fraction of sp³-hybridized carbons (Fsp3) is 0.929. The molecule has 2 atom stereocenters. The van der Waals surface area contributed by atoms with Gasteiger partial charge in [0.1, 0.15) is 6.17 Å². The standard InChI is InChI=1S/C14H29FN2O4S/c1-11(2)16-4-5-19-6-7-21-12(3)9-20-10-13(15)8-17-14(18)22/h11-13,16H,4-10H2,1-3H3,(H2,17,18,22). The number of thiol groups is 1. The largest absolute Gasteiger partial charge is 0.378 e. The van der Waals surface area contributed by atoms with Crippen molar-refractivity contribution in [2.24, 2.45) is 0 Å². The van der Waals surface area contributed by atoms with Gasteiger partial charge in [0.15, 0.2) is 0 Å². The number of ether oxygens (including phenoxy) is 3. The van der Waals surface area contributed by atoms with Crippen molar-refractivity contribution in [1.82, 2.24) is 10.6 Å². The van der Waals surface area contributed by atoms with Crippen LogP contribution in [0.2, 0.25) is 0 Å².